The van der Waals surface area contributed by atoms with E-state index in [4.69, 9.17) is 4.74 Å². The number of carbonyl (C=O) groups excluding carboxylic acids is 2. The van der Waals surface area contributed by atoms with Crippen molar-refractivity contribution in [3.63, 3.8) is 0 Å². The lowest BCUT2D eigenvalue weighted by molar-refractivity contribution is -0.169. The quantitative estimate of drug-likeness (QED) is 0.388. The predicted octanol–water partition coefficient (Wildman–Crippen LogP) is 7.46. The molecule has 0 spiro atoms. The molecule has 0 aromatic rings. The maximum atomic E-state index is 13.5. The van der Waals surface area contributed by atoms with Crippen molar-refractivity contribution in [2.75, 3.05) is 0 Å². The molecule has 0 aromatic carbocycles. The van der Waals surface area contributed by atoms with Gasteiger partial charge in [-0.3, -0.25) is 9.59 Å². The minimum absolute atomic E-state index is 0.0557. The van der Waals surface area contributed by atoms with Crippen molar-refractivity contribution in [3.8, 4) is 0 Å². The Bertz CT molecular complexity index is 743. The van der Waals surface area contributed by atoms with Crippen molar-refractivity contribution in [3.05, 3.63) is 0 Å². The van der Waals surface area contributed by atoms with Gasteiger partial charge in [0, 0.05) is 19.3 Å². The predicted molar refractivity (Wildman–Crippen MR) is 134 cm³/mol. The number of hydrogen-bond acceptors (Lipinski definition) is 3. The Morgan fingerprint density at radius 1 is 0.970 bits per heavy atom. The lowest BCUT2D eigenvalue weighted by Crippen LogP contribution is -2.57. The molecule has 0 heterocycles. The molecule has 0 saturated heterocycles. The summed E-state index contributed by atoms with van der Waals surface area (Å²) < 4.78 is 5.56. The van der Waals surface area contributed by atoms with E-state index in [0.29, 0.717) is 23.0 Å². The van der Waals surface area contributed by atoms with E-state index >= 15 is 0 Å². The van der Waals surface area contributed by atoms with Gasteiger partial charge in [0.15, 0.2) is 0 Å². The first-order valence-electron chi connectivity index (χ1n) is 14.2. The topological polar surface area (TPSA) is 43.4 Å². The molecule has 0 N–H and O–H groups in total. The summed E-state index contributed by atoms with van der Waals surface area (Å²) in [5, 5.41) is 0. The SMILES string of the molecule is CC(=O)OC1CC[C@]2(C)C(C1)C(=O)CC1C3CCC([C@H](C)CC[C@H](C)C(C)C)C3(C)CCC12. The number of ketones is 1. The molecule has 4 aliphatic carbocycles. The van der Waals surface area contributed by atoms with Crippen molar-refractivity contribution < 1.29 is 14.3 Å². The summed E-state index contributed by atoms with van der Waals surface area (Å²) in [5.41, 5.74) is 0.522. The number of fused-ring (bicyclic) bond motifs is 5. The summed E-state index contributed by atoms with van der Waals surface area (Å²) in [5.74, 6) is 5.53. The second-order valence-electron chi connectivity index (χ2n) is 13.6. The standard InChI is InChI=1S/C30H50O3/c1-18(2)19(3)8-9-20(4)24-10-11-25-23-17-28(32)27-16-22(33-21(5)31)12-14-30(27,7)26(23)13-15-29(24,25)6/h18-20,22-27H,8-17H2,1-7H3/t19-,20+,22?,23?,24?,25?,26?,27?,29?,30-/m0/s1. The highest BCUT2D eigenvalue weighted by atomic mass is 16.5. The fourth-order valence-electron chi connectivity index (χ4n) is 9.38. The molecule has 4 fully saturated rings. The first-order chi connectivity index (χ1) is 15.5. The molecular formula is C30H50O3. The molecule has 3 nitrogen and oxygen atoms in total. The average molecular weight is 459 g/mol. The molecule has 7 unspecified atom stereocenters. The maximum Gasteiger partial charge on any atom is 0.302 e. The average Bonchev–Trinajstić information content (AvgIpc) is 3.10. The molecule has 4 saturated carbocycles. The van der Waals surface area contributed by atoms with E-state index < -0.39 is 0 Å². The van der Waals surface area contributed by atoms with Gasteiger partial charge in [-0.1, -0.05) is 54.4 Å². The van der Waals surface area contributed by atoms with E-state index in [9.17, 15) is 9.59 Å². The summed E-state index contributed by atoms with van der Waals surface area (Å²) in [6.45, 7) is 16.2. The van der Waals surface area contributed by atoms with Gasteiger partial charge in [-0.25, -0.2) is 0 Å². The molecule has 4 aliphatic rings. The van der Waals surface area contributed by atoms with Crippen LogP contribution in [0.1, 0.15) is 113 Å². The van der Waals surface area contributed by atoms with Gasteiger partial charge in [-0.15, -0.1) is 0 Å². The smallest absolute Gasteiger partial charge is 0.302 e. The zero-order chi connectivity index (χ0) is 24.1. The van der Waals surface area contributed by atoms with E-state index in [0.717, 1.165) is 55.3 Å². The zero-order valence-corrected chi connectivity index (χ0v) is 22.5. The van der Waals surface area contributed by atoms with Gasteiger partial charge in [0.05, 0.1) is 0 Å². The molecule has 0 aromatic heterocycles. The van der Waals surface area contributed by atoms with Gasteiger partial charge >= 0.3 is 5.97 Å². The van der Waals surface area contributed by atoms with E-state index in [1.807, 2.05) is 0 Å². The Hall–Kier alpha value is -0.860. The van der Waals surface area contributed by atoms with Crippen LogP contribution in [0.5, 0.6) is 0 Å². The van der Waals surface area contributed by atoms with E-state index in [1.54, 1.807) is 0 Å². The van der Waals surface area contributed by atoms with Gasteiger partial charge in [0.25, 0.3) is 0 Å². The minimum atomic E-state index is -0.202. The lowest BCUT2D eigenvalue weighted by atomic mass is 9.44. The Morgan fingerprint density at radius 3 is 2.30 bits per heavy atom. The summed E-state index contributed by atoms with van der Waals surface area (Å²) in [6.07, 6.45) is 11.5. The number of Topliss-reactive ketones (excluding diaryl/α,β-unsaturated/α-hetero) is 1. The van der Waals surface area contributed by atoms with Gasteiger partial charge in [-0.05, 0) is 97.2 Å². The maximum absolute atomic E-state index is 13.5. The molecule has 0 bridgehead atoms. The molecule has 0 aliphatic heterocycles. The van der Waals surface area contributed by atoms with Crippen molar-refractivity contribution in [2.24, 2.45) is 58.2 Å². The molecule has 33 heavy (non-hydrogen) atoms. The van der Waals surface area contributed by atoms with Crippen LogP contribution in [0.15, 0.2) is 0 Å². The normalized spacial score (nSPS) is 44.5. The van der Waals surface area contributed by atoms with Gasteiger partial charge in [-0.2, -0.15) is 0 Å². The molecule has 0 amide bonds. The largest absolute Gasteiger partial charge is 0.463 e. The van der Waals surface area contributed by atoms with Gasteiger partial charge < -0.3 is 4.74 Å². The highest BCUT2D eigenvalue weighted by Gasteiger charge is 2.62. The molecule has 3 heteroatoms. The molecule has 0 radical (unpaired) electrons. The molecule has 10 atom stereocenters. The number of carbonyl (C=O) groups is 2. The lowest BCUT2D eigenvalue weighted by Gasteiger charge is -2.60. The van der Waals surface area contributed by atoms with E-state index in [-0.39, 0.29) is 23.4 Å². The number of rotatable bonds is 6. The minimum Gasteiger partial charge on any atom is -0.463 e. The first-order valence-corrected chi connectivity index (χ1v) is 14.2. The monoisotopic (exact) mass is 458 g/mol. The van der Waals surface area contributed by atoms with Crippen molar-refractivity contribution in [1.82, 2.24) is 0 Å². The number of ether oxygens (including phenoxy) is 1. The van der Waals surface area contributed by atoms with Crippen molar-refractivity contribution in [2.45, 2.75) is 119 Å². The van der Waals surface area contributed by atoms with Crippen LogP contribution in [0.25, 0.3) is 0 Å². The Morgan fingerprint density at radius 2 is 1.64 bits per heavy atom. The summed E-state index contributed by atoms with van der Waals surface area (Å²) in [7, 11) is 0. The number of hydrogen-bond donors (Lipinski definition) is 0. The van der Waals surface area contributed by atoms with Crippen LogP contribution in [0.4, 0.5) is 0 Å². The highest BCUT2D eigenvalue weighted by molar-refractivity contribution is 5.83. The Balaban J connectivity index is 1.48. The van der Waals surface area contributed by atoms with E-state index in [2.05, 4.69) is 41.5 Å². The molecular weight excluding hydrogens is 408 g/mol. The van der Waals surface area contributed by atoms with Crippen LogP contribution in [0.3, 0.4) is 0 Å². The van der Waals surface area contributed by atoms with Crippen molar-refractivity contribution in [1.29, 1.82) is 0 Å². The summed E-state index contributed by atoms with van der Waals surface area (Å²) in [6, 6.07) is 0. The van der Waals surface area contributed by atoms with Crippen LogP contribution < -0.4 is 0 Å². The Labute approximate surface area is 203 Å². The van der Waals surface area contributed by atoms with Crippen LogP contribution in [0, 0.1) is 58.2 Å². The highest BCUT2D eigenvalue weighted by Crippen LogP contribution is 2.68. The summed E-state index contributed by atoms with van der Waals surface area (Å²) in [4.78, 5) is 25.0. The zero-order valence-electron chi connectivity index (χ0n) is 22.5. The fraction of sp³-hybridized carbons (Fsp3) is 0.933. The second-order valence-corrected chi connectivity index (χ2v) is 13.6. The fourth-order valence-corrected chi connectivity index (χ4v) is 9.38. The van der Waals surface area contributed by atoms with Crippen LogP contribution in [-0.2, 0) is 14.3 Å². The first kappa shape index (κ1) is 25.2. The van der Waals surface area contributed by atoms with Crippen LogP contribution in [-0.4, -0.2) is 17.9 Å². The third-order valence-electron chi connectivity index (χ3n) is 11.7. The second kappa shape index (κ2) is 9.30. The van der Waals surface area contributed by atoms with Gasteiger partial charge in [0.1, 0.15) is 11.9 Å². The van der Waals surface area contributed by atoms with Crippen molar-refractivity contribution >= 4 is 11.8 Å². The van der Waals surface area contributed by atoms with Crippen LogP contribution in [0.2, 0.25) is 0 Å². The Kier molecular flexibility index (Phi) is 7.12. The third-order valence-corrected chi connectivity index (χ3v) is 11.7. The number of esters is 1. The third kappa shape index (κ3) is 4.44. The van der Waals surface area contributed by atoms with Crippen LogP contribution >= 0.6 is 0 Å². The van der Waals surface area contributed by atoms with Gasteiger partial charge in [0.2, 0.25) is 0 Å². The van der Waals surface area contributed by atoms with E-state index in [1.165, 1.54) is 45.4 Å². The summed E-state index contributed by atoms with van der Waals surface area (Å²) >= 11 is 0. The molecule has 188 valence electrons. The molecule has 4 rings (SSSR count).